The number of rotatable bonds is 5. The van der Waals surface area contributed by atoms with E-state index in [1.807, 2.05) is 13.1 Å². The Morgan fingerprint density at radius 1 is 1.42 bits per heavy atom. The fourth-order valence-corrected chi connectivity index (χ4v) is 2.61. The van der Waals surface area contributed by atoms with Gasteiger partial charge in [0.25, 0.3) is 5.22 Å². The van der Waals surface area contributed by atoms with E-state index >= 15 is 0 Å². The molecule has 1 N–H and O–H groups in total. The van der Waals surface area contributed by atoms with Crippen LogP contribution in [0.15, 0.2) is 33.2 Å². The van der Waals surface area contributed by atoms with Crippen LogP contribution in [0.3, 0.4) is 0 Å². The Labute approximate surface area is 117 Å². The molecule has 0 bridgehead atoms. The van der Waals surface area contributed by atoms with Crippen LogP contribution in [-0.4, -0.2) is 16.0 Å². The molecule has 4 nitrogen and oxygen atoms in total. The maximum absolute atomic E-state index is 5.34. The van der Waals surface area contributed by atoms with Gasteiger partial charge in [0, 0.05) is 18.8 Å². The van der Waals surface area contributed by atoms with E-state index in [1.54, 1.807) is 6.26 Å². The Kier molecular flexibility index (Phi) is 3.57. The zero-order valence-electron chi connectivity index (χ0n) is 11.1. The first-order valence-electron chi connectivity index (χ1n) is 6.49. The molecule has 0 amide bonds. The molecule has 0 aromatic carbocycles. The lowest BCUT2D eigenvalue weighted by Gasteiger charge is -2.06. The largest absolute Gasteiger partial charge is 0.439 e. The number of pyridine rings is 1. The Morgan fingerprint density at radius 2 is 2.26 bits per heavy atom. The molecular weight excluding hydrogens is 258 g/mol. The SMILES string of the molecule is Cc1coc(Sc2ncc(CNC3CC3)cc2C)n1. The van der Waals surface area contributed by atoms with Crippen molar-refractivity contribution in [2.24, 2.45) is 0 Å². The first kappa shape index (κ1) is 12.7. The zero-order chi connectivity index (χ0) is 13.2. The molecule has 1 fully saturated rings. The molecular formula is C14H17N3OS. The summed E-state index contributed by atoms with van der Waals surface area (Å²) >= 11 is 1.47. The Hall–Kier alpha value is -1.33. The molecule has 0 spiro atoms. The lowest BCUT2D eigenvalue weighted by Crippen LogP contribution is -2.15. The van der Waals surface area contributed by atoms with Gasteiger partial charge in [0.2, 0.25) is 0 Å². The molecule has 3 rings (SSSR count). The number of hydrogen-bond donors (Lipinski definition) is 1. The molecule has 0 saturated heterocycles. The molecule has 5 heteroatoms. The van der Waals surface area contributed by atoms with Crippen molar-refractivity contribution in [2.75, 3.05) is 0 Å². The molecule has 0 aliphatic heterocycles. The molecule has 0 unspecified atom stereocenters. The van der Waals surface area contributed by atoms with Gasteiger partial charge in [-0.3, -0.25) is 0 Å². The number of nitrogens with one attached hydrogen (secondary N) is 1. The summed E-state index contributed by atoms with van der Waals surface area (Å²) in [6.07, 6.45) is 6.21. The van der Waals surface area contributed by atoms with E-state index in [0.717, 1.165) is 28.9 Å². The van der Waals surface area contributed by atoms with E-state index in [0.29, 0.717) is 5.22 Å². The molecule has 2 aromatic heterocycles. The highest BCUT2D eigenvalue weighted by atomic mass is 32.2. The van der Waals surface area contributed by atoms with Crippen LogP contribution in [0.2, 0.25) is 0 Å². The van der Waals surface area contributed by atoms with Gasteiger partial charge in [0.1, 0.15) is 11.3 Å². The number of oxazole rings is 1. The van der Waals surface area contributed by atoms with E-state index in [1.165, 1.54) is 30.2 Å². The summed E-state index contributed by atoms with van der Waals surface area (Å²) in [6, 6.07) is 2.91. The molecule has 0 radical (unpaired) electrons. The number of aromatic nitrogens is 2. The van der Waals surface area contributed by atoms with E-state index in [9.17, 15) is 0 Å². The first-order valence-corrected chi connectivity index (χ1v) is 7.31. The third-order valence-corrected chi connectivity index (χ3v) is 4.02. The fraction of sp³-hybridized carbons (Fsp3) is 0.429. The van der Waals surface area contributed by atoms with Gasteiger partial charge in [0.15, 0.2) is 0 Å². The summed E-state index contributed by atoms with van der Waals surface area (Å²) in [5.41, 5.74) is 3.29. The lowest BCUT2D eigenvalue weighted by molar-refractivity contribution is 0.453. The van der Waals surface area contributed by atoms with E-state index < -0.39 is 0 Å². The van der Waals surface area contributed by atoms with Crippen LogP contribution < -0.4 is 5.32 Å². The van der Waals surface area contributed by atoms with Gasteiger partial charge in [-0.2, -0.15) is 0 Å². The van der Waals surface area contributed by atoms with Gasteiger partial charge >= 0.3 is 0 Å². The Bertz CT molecular complexity index is 578. The van der Waals surface area contributed by atoms with Crippen LogP contribution >= 0.6 is 11.8 Å². The van der Waals surface area contributed by atoms with Crippen molar-refractivity contribution in [2.45, 2.75) is 49.5 Å². The van der Waals surface area contributed by atoms with Crippen molar-refractivity contribution in [3.63, 3.8) is 0 Å². The normalized spacial score (nSPS) is 14.8. The summed E-state index contributed by atoms with van der Waals surface area (Å²) < 4.78 is 5.34. The van der Waals surface area contributed by atoms with Gasteiger partial charge in [-0.25, -0.2) is 9.97 Å². The molecule has 2 aromatic rings. The number of aryl methyl sites for hydroxylation is 2. The second-order valence-electron chi connectivity index (χ2n) is 4.98. The van der Waals surface area contributed by atoms with E-state index in [2.05, 4.69) is 28.3 Å². The van der Waals surface area contributed by atoms with Crippen LogP contribution in [0.4, 0.5) is 0 Å². The molecule has 1 aliphatic carbocycles. The molecule has 1 aliphatic rings. The highest BCUT2D eigenvalue weighted by molar-refractivity contribution is 7.99. The van der Waals surface area contributed by atoms with Crippen LogP contribution in [-0.2, 0) is 6.54 Å². The van der Waals surface area contributed by atoms with Crippen LogP contribution in [0.5, 0.6) is 0 Å². The highest BCUT2D eigenvalue weighted by Gasteiger charge is 2.20. The second kappa shape index (κ2) is 5.35. The molecule has 100 valence electrons. The average Bonchev–Trinajstić information content (AvgIpc) is 3.13. The molecule has 0 atom stereocenters. The molecule has 2 heterocycles. The minimum atomic E-state index is 0.650. The summed E-state index contributed by atoms with van der Waals surface area (Å²) in [5, 5.41) is 5.10. The summed E-state index contributed by atoms with van der Waals surface area (Å²) in [6.45, 7) is 4.90. The van der Waals surface area contributed by atoms with Gasteiger partial charge < -0.3 is 9.73 Å². The maximum atomic E-state index is 5.34. The third-order valence-electron chi connectivity index (χ3n) is 3.04. The fourth-order valence-electron chi connectivity index (χ4n) is 1.84. The zero-order valence-corrected chi connectivity index (χ0v) is 12.0. The summed E-state index contributed by atoms with van der Waals surface area (Å²) in [4.78, 5) is 8.79. The highest BCUT2D eigenvalue weighted by Crippen LogP contribution is 2.28. The summed E-state index contributed by atoms with van der Waals surface area (Å²) in [7, 11) is 0. The van der Waals surface area contributed by atoms with Gasteiger partial charge in [-0.1, -0.05) is 6.07 Å². The minimum absolute atomic E-state index is 0.650. The second-order valence-corrected chi connectivity index (χ2v) is 5.92. The predicted molar refractivity (Wildman–Crippen MR) is 74.2 cm³/mol. The van der Waals surface area contributed by atoms with Crippen LogP contribution in [0.1, 0.15) is 29.7 Å². The maximum Gasteiger partial charge on any atom is 0.262 e. The van der Waals surface area contributed by atoms with Crippen LogP contribution in [0.25, 0.3) is 0 Å². The Balaban J connectivity index is 1.67. The smallest absolute Gasteiger partial charge is 0.262 e. The van der Waals surface area contributed by atoms with E-state index in [-0.39, 0.29) is 0 Å². The Morgan fingerprint density at radius 3 is 2.89 bits per heavy atom. The quantitative estimate of drug-likeness (QED) is 0.908. The minimum Gasteiger partial charge on any atom is -0.439 e. The van der Waals surface area contributed by atoms with Gasteiger partial charge in [-0.15, -0.1) is 0 Å². The van der Waals surface area contributed by atoms with E-state index in [4.69, 9.17) is 4.42 Å². The van der Waals surface area contributed by atoms with Crippen molar-refractivity contribution >= 4 is 11.8 Å². The lowest BCUT2D eigenvalue weighted by atomic mass is 10.2. The topological polar surface area (TPSA) is 51.0 Å². The number of hydrogen-bond acceptors (Lipinski definition) is 5. The average molecular weight is 275 g/mol. The van der Waals surface area contributed by atoms with Gasteiger partial charge in [-0.05, 0) is 49.6 Å². The monoisotopic (exact) mass is 275 g/mol. The predicted octanol–water partition coefficient (Wildman–Crippen LogP) is 3.09. The third kappa shape index (κ3) is 3.36. The standard InChI is InChI=1S/C14H17N3OS/c1-9-5-11(6-15-12-3-4-12)7-16-13(9)19-14-17-10(2)8-18-14/h5,7-8,12,15H,3-4,6H2,1-2H3. The van der Waals surface area contributed by atoms with Crippen molar-refractivity contribution in [3.05, 3.63) is 35.3 Å². The summed E-state index contributed by atoms with van der Waals surface area (Å²) in [5.74, 6) is 0. The number of nitrogens with zero attached hydrogens (tertiary/aromatic N) is 2. The van der Waals surface area contributed by atoms with Gasteiger partial charge in [0.05, 0.1) is 5.69 Å². The van der Waals surface area contributed by atoms with Crippen molar-refractivity contribution < 1.29 is 4.42 Å². The van der Waals surface area contributed by atoms with Crippen LogP contribution in [0, 0.1) is 13.8 Å². The molecule has 19 heavy (non-hydrogen) atoms. The first-order chi connectivity index (χ1) is 9.20. The van der Waals surface area contributed by atoms with Crippen molar-refractivity contribution in [3.8, 4) is 0 Å². The van der Waals surface area contributed by atoms with Crippen molar-refractivity contribution in [1.82, 2.24) is 15.3 Å². The van der Waals surface area contributed by atoms with Crippen molar-refractivity contribution in [1.29, 1.82) is 0 Å². The molecule has 1 saturated carbocycles.